The molecule has 0 fully saturated rings. The minimum Gasteiger partial charge on any atom is -0.394 e. The van der Waals surface area contributed by atoms with Gasteiger partial charge in [-0.1, -0.05) is 23.4 Å². The maximum Gasteiger partial charge on any atom is 0.416 e. The van der Waals surface area contributed by atoms with Crippen LogP contribution in [0.2, 0.25) is 0 Å². The molecule has 1 aromatic heterocycles. The van der Waals surface area contributed by atoms with Gasteiger partial charge >= 0.3 is 6.18 Å². The van der Waals surface area contributed by atoms with Gasteiger partial charge < -0.3 is 10.3 Å². The zero-order valence-corrected chi connectivity index (χ0v) is 10.0. The number of aryl methyl sites for hydroxylation is 1. The quantitative estimate of drug-likeness (QED) is 0.902. The average Bonchev–Trinajstić information content (AvgIpc) is 2.67. The Bertz CT molecular complexity index is 597. The van der Waals surface area contributed by atoms with Crippen molar-refractivity contribution in [3.8, 4) is 0 Å². The second kappa shape index (κ2) is 4.79. The molecule has 0 saturated carbocycles. The van der Waals surface area contributed by atoms with E-state index < -0.39 is 11.7 Å². The summed E-state index contributed by atoms with van der Waals surface area (Å²) in [5.74, 6) is 0.507. The molecule has 0 aliphatic carbocycles. The molecular weight excluding hydrogens is 257 g/mol. The maximum absolute atomic E-state index is 12.4. The number of halogens is 3. The number of nitrogens with zero attached hydrogens (tertiary/aromatic N) is 1. The first-order valence-electron chi connectivity index (χ1n) is 5.45. The van der Waals surface area contributed by atoms with Crippen molar-refractivity contribution < 1.29 is 17.7 Å². The van der Waals surface area contributed by atoms with Gasteiger partial charge in [0.05, 0.1) is 5.56 Å². The van der Waals surface area contributed by atoms with Crippen molar-refractivity contribution in [2.24, 2.45) is 0 Å². The highest BCUT2D eigenvalue weighted by Gasteiger charge is 2.29. The molecule has 1 aromatic carbocycles. The lowest BCUT2D eigenvalue weighted by molar-refractivity contribution is -0.137. The van der Waals surface area contributed by atoms with Gasteiger partial charge in [0.2, 0.25) is 0 Å². The van der Waals surface area contributed by atoms with Gasteiger partial charge in [0.25, 0.3) is 0 Å². The molecule has 0 spiro atoms. The van der Waals surface area contributed by atoms with Crippen molar-refractivity contribution in [2.75, 3.05) is 5.73 Å². The molecule has 3 nitrogen and oxygen atoms in total. The van der Waals surface area contributed by atoms with E-state index in [1.165, 1.54) is 12.1 Å². The molecule has 2 rings (SSSR count). The standard InChI is InChI=1S/C13H11F3N2O/c1-8-12(17)11(18-19-8)7-4-9-2-5-10(6-3-9)13(14,15)16/h2-7H,17H2,1H3/b7-4+. The molecule has 100 valence electrons. The van der Waals surface area contributed by atoms with Crippen LogP contribution in [0.3, 0.4) is 0 Å². The number of rotatable bonds is 2. The Labute approximate surface area is 107 Å². The van der Waals surface area contributed by atoms with Crippen LogP contribution < -0.4 is 5.73 Å². The van der Waals surface area contributed by atoms with Crippen LogP contribution in [-0.2, 0) is 6.18 Å². The number of benzene rings is 1. The second-order valence-electron chi connectivity index (χ2n) is 3.99. The van der Waals surface area contributed by atoms with E-state index in [4.69, 9.17) is 10.3 Å². The van der Waals surface area contributed by atoms with E-state index in [0.717, 1.165) is 12.1 Å². The number of anilines is 1. The van der Waals surface area contributed by atoms with Crippen LogP contribution >= 0.6 is 0 Å². The predicted molar refractivity (Wildman–Crippen MR) is 66.0 cm³/mol. The van der Waals surface area contributed by atoms with E-state index in [-0.39, 0.29) is 0 Å². The molecular formula is C13H11F3N2O. The van der Waals surface area contributed by atoms with E-state index in [9.17, 15) is 13.2 Å². The summed E-state index contributed by atoms with van der Waals surface area (Å²) in [5.41, 5.74) is 6.51. The molecule has 2 aromatic rings. The van der Waals surface area contributed by atoms with Crippen LogP contribution in [0.25, 0.3) is 12.2 Å². The molecule has 0 atom stereocenters. The summed E-state index contributed by atoms with van der Waals surface area (Å²) < 4.78 is 42.0. The molecule has 1 heterocycles. The van der Waals surface area contributed by atoms with Gasteiger partial charge in [-0.2, -0.15) is 13.2 Å². The molecule has 0 saturated heterocycles. The first kappa shape index (κ1) is 13.2. The molecule has 0 aliphatic rings. The fourth-order valence-corrected chi connectivity index (χ4v) is 1.47. The van der Waals surface area contributed by atoms with E-state index >= 15 is 0 Å². The average molecular weight is 268 g/mol. The van der Waals surface area contributed by atoms with Crippen LogP contribution in [-0.4, -0.2) is 5.16 Å². The Morgan fingerprint density at radius 1 is 1.16 bits per heavy atom. The molecule has 19 heavy (non-hydrogen) atoms. The molecule has 0 radical (unpaired) electrons. The molecule has 6 heteroatoms. The van der Waals surface area contributed by atoms with E-state index in [1.54, 1.807) is 19.1 Å². The van der Waals surface area contributed by atoms with Crippen molar-refractivity contribution in [1.29, 1.82) is 0 Å². The fourth-order valence-electron chi connectivity index (χ4n) is 1.47. The normalized spacial score (nSPS) is 12.2. The summed E-state index contributed by atoms with van der Waals surface area (Å²) in [6, 6.07) is 4.80. The highest BCUT2D eigenvalue weighted by atomic mass is 19.4. The second-order valence-corrected chi connectivity index (χ2v) is 3.99. The molecule has 0 amide bonds. The van der Waals surface area contributed by atoms with Gasteiger partial charge in [0, 0.05) is 0 Å². The lowest BCUT2D eigenvalue weighted by atomic mass is 10.1. The summed E-state index contributed by atoms with van der Waals surface area (Å²) in [6.07, 6.45) is -1.11. The van der Waals surface area contributed by atoms with Crippen LogP contribution in [0.1, 0.15) is 22.6 Å². The highest BCUT2D eigenvalue weighted by Crippen LogP contribution is 2.29. The van der Waals surface area contributed by atoms with Crippen molar-refractivity contribution in [3.63, 3.8) is 0 Å². The van der Waals surface area contributed by atoms with Gasteiger partial charge in [-0.3, -0.25) is 0 Å². The Kier molecular flexibility index (Phi) is 3.33. The number of nitrogens with two attached hydrogens (primary N) is 1. The topological polar surface area (TPSA) is 52.0 Å². The third kappa shape index (κ3) is 2.96. The third-order valence-electron chi connectivity index (χ3n) is 2.61. The Morgan fingerprint density at radius 3 is 2.26 bits per heavy atom. The largest absolute Gasteiger partial charge is 0.416 e. The third-order valence-corrected chi connectivity index (χ3v) is 2.61. The van der Waals surface area contributed by atoms with E-state index in [0.29, 0.717) is 22.7 Å². The monoisotopic (exact) mass is 268 g/mol. The van der Waals surface area contributed by atoms with Crippen molar-refractivity contribution in [1.82, 2.24) is 5.16 Å². The van der Waals surface area contributed by atoms with Crippen molar-refractivity contribution >= 4 is 17.8 Å². The molecule has 0 aliphatic heterocycles. The summed E-state index contributed by atoms with van der Waals surface area (Å²) in [7, 11) is 0. The van der Waals surface area contributed by atoms with Crippen LogP contribution in [0.15, 0.2) is 28.8 Å². The Morgan fingerprint density at radius 2 is 1.79 bits per heavy atom. The maximum atomic E-state index is 12.4. The first-order valence-corrected chi connectivity index (χ1v) is 5.45. The fraction of sp³-hybridized carbons (Fsp3) is 0.154. The smallest absolute Gasteiger partial charge is 0.394 e. The number of nitrogen functional groups attached to an aromatic ring is 1. The number of hydrogen-bond donors (Lipinski definition) is 1. The summed E-state index contributed by atoms with van der Waals surface area (Å²) in [4.78, 5) is 0. The highest BCUT2D eigenvalue weighted by molar-refractivity contribution is 5.73. The van der Waals surface area contributed by atoms with Gasteiger partial charge in [-0.25, -0.2) is 0 Å². The molecule has 2 N–H and O–H groups in total. The lowest BCUT2D eigenvalue weighted by Gasteiger charge is -2.05. The minimum atomic E-state index is -4.32. The van der Waals surface area contributed by atoms with Gasteiger partial charge in [-0.15, -0.1) is 0 Å². The predicted octanol–water partition coefficient (Wildman–Crippen LogP) is 3.75. The zero-order valence-electron chi connectivity index (χ0n) is 10.0. The summed E-state index contributed by atoms with van der Waals surface area (Å²) >= 11 is 0. The number of alkyl halides is 3. The minimum absolute atomic E-state index is 0.420. The van der Waals surface area contributed by atoms with Crippen LogP contribution in [0.5, 0.6) is 0 Å². The van der Waals surface area contributed by atoms with Crippen LogP contribution in [0.4, 0.5) is 18.9 Å². The Hall–Kier alpha value is -2.24. The first-order chi connectivity index (χ1) is 8.88. The number of hydrogen-bond acceptors (Lipinski definition) is 3. The van der Waals surface area contributed by atoms with Gasteiger partial charge in [0.15, 0.2) is 5.76 Å². The van der Waals surface area contributed by atoms with Crippen molar-refractivity contribution in [2.45, 2.75) is 13.1 Å². The van der Waals surface area contributed by atoms with E-state index in [1.807, 2.05) is 0 Å². The molecule has 0 unspecified atom stereocenters. The molecule has 0 bridgehead atoms. The van der Waals surface area contributed by atoms with Crippen LogP contribution in [0, 0.1) is 6.92 Å². The number of aromatic nitrogens is 1. The van der Waals surface area contributed by atoms with Gasteiger partial charge in [0.1, 0.15) is 11.4 Å². The van der Waals surface area contributed by atoms with E-state index in [2.05, 4.69) is 5.16 Å². The van der Waals surface area contributed by atoms with Gasteiger partial charge in [-0.05, 0) is 30.7 Å². The summed E-state index contributed by atoms with van der Waals surface area (Å²) in [6.45, 7) is 1.68. The summed E-state index contributed by atoms with van der Waals surface area (Å²) in [5, 5.41) is 3.72. The zero-order chi connectivity index (χ0) is 14.0. The lowest BCUT2D eigenvalue weighted by Crippen LogP contribution is -2.03. The SMILES string of the molecule is Cc1onc(/C=C/c2ccc(C(F)(F)F)cc2)c1N. The van der Waals surface area contributed by atoms with Crippen molar-refractivity contribution in [3.05, 3.63) is 46.8 Å². The Balaban J connectivity index is 2.18.